The van der Waals surface area contributed by atoms with E-state index in [0.717, 1.165) is 5.69 Å². The number of piperidine rings is 1. The van der Waals surface area contributed by atoms with Crippen LogP contribution in [0.1, 0.15) is 28.8 Å². The Morgan fingerprint density at radius 2 is 1.57 bits per heavy atom. The highest BCUT2D eigenvalue weighted by Gasteiger charge is 2.50. The van der Waals surface area contributed by atoms with Crippen LogP contribution < -0.4 is 30.3 Å². The van der Waals surface area contributed by atoms with Crippen molar-refractivity contribution in [3.8, 4) is 11.5 Å². The van der Waals surface area contributed by atoms with Gasteiger partial charge >= 0.3 is 12.0 Å². The zero-order valence-corrected chi connectivity index (χ0v) is 24.5. The van der Waals surface area contributed by atoms with Gasteiger partial charge in [-0.05, 0) is 54.8 Å². The summed E-state index contributed by atoms with van der Waals surface area (Å²) in [7, 11) is 2.82. The summed E-state index contributed by atoms with van der Waals surface area (Å²) in [5, 5.41) is 18.2. The fourth-order valence-corrected chi connectivity index (χ4v) is 5.78. The number of benzene rings is 3. The first-order valence-electron chi connectivity index (χ1n) is 14.3. The second kappa shape index (κ2) is 12.9. The fraction of sp³-hybridized carbons (Fsp3) is 0.312. The van der Waals surface area contributed by atoms with E-state index in [2.05, 4.69) is 20.9 Å². The molecule has 3 aromatic carbocycles. The van der Waals surface area contributed by atoms with Gasteiger partial charge in [-0.3, -0.25) is 9.59 Å². The molecule has 1 spiro atoms. The Balaban J connectivity index is 1.18. The maximum atomic E-state index is 13.1. The van der Waals surface area contributed by atoms with Gasteiger partial charge in [0, 0.05) is 30.9 Å². The Labute approximate surface area is 254 Å². The number of nitrogens with one attached hydrogen (secondary N) is 3. The minimum atomic E-state index is -1.22. The first-order valence-corrected chi connectivity index (χ1v) is 14.3. The number of likely N-dealkylation sites (tertiary alicyclic amines) is 1. The van der Waals surface area contributed by atoms with E-state index in [9.17, 15) is 24.3 Å². The number of para-hydroxylation sites is 1. The molecule has 230 valence electrons. The normalized spacial score (nSPS) is 16.2. The molecule has 5 rings (SSSR count). The number of hydrogen-bond acceptors (Lipinski definition) is 7. The van der Waals surface area contributed by atoms with E-state index in [1.54, 1.807) is 47.4 Å². The highest BCUT2D eigenvalue weighted by molar-refractivity contribution is 6.01. The van der Waals surface area contributed by atoms with Gasteiger partial charge in [0.25, 0.3) is 5.91 Å². The second-order valence-electron chi connectivity index (χ2n) is 10.7. The third-order valence-electron chi connectivity index (χ3n) is 8.19. The predicted octanol–water partition coefficient (Wildman–Crippen LogP) is 3.09. The van der Waals surface area contributed by atoms with Gasteiger partial charge in [-0.1, -0.05) is 36.4 Å². The van der Waals surface area contributed by atoms with E-state index in [4.69, 9.17) is 9.47 Å². The van der Waals surface area contributed by atoms with E-state index in [0.29, 0.717) is 43.9 Å². The summed E-state index contributed by atoms with van der Waals surface area (Å²) in [6.45, 7) is 1.26. The Hall–Kier alpha value is -5.26. The van der Waals surface area contributed by atoms with Crippen molar-refractivity contribution in [2.24, 2.45) is 0 Å². The number of hydrogen-bond donors (Lipinski definition) is 4. The van der Waals surface area contributed by atoms with Crippen molar-refractivity contribution in [3.05, 3.63) is 83.9 Å². The van der Waals surface area contributed by atoms with Gasteiger partial charge in [-0.25, -0.2) is 9.59 Å². The summed E-state index contributed by atoms with van der Waals surface area (Å²) >= 11 is 0. The first kappa shape index (κ1) is 30.2. The molecule has 0 radical (unpaired) electrons. The minimum Gasteiger partial charge on any atom is -0.496 e. The van der Waals surface area contributed by atoms with Gasteiger partial charge in [-0.15, -0.1) is 0 Å². The number of amides is 4. The SMILES string of the molecule is COc1cccc(OC)c1C(=O)NC(Cc1ccc(NC(=O)N2CCC3(CC2)C(=O)NCN3c2ccccc2)cc1)C(=O)O. The van der Waals surface area contributed by atoms with Crippen molar-refractivity contribution in [1.82, 2.24) is 15.5 Å². The third kappa shape index (κ3) is 6.10. The third-order valence-corrected chi connectivity index (χ3v) is 8.19. The van der Waals surface area contributed by atoms with Gasteiger partial charge in [-0.2, -0.15) is 0 Å². The number of carbonyl (C=O) groups excluding carboxylic acids is 3. The lowest BCUT2D eigenvalue weighted by atomic mass is 9.85. The van der Waals surface area contributed by atoms with E-state index >= 15 is 0 Å². The molecule has 3 aromatic rings. The lowest BCUT2D eigenvalue weighted by Gasteiger charge is -2.43. The molecule has 2 aliphatic heterocycles. The molecule has 0 bridgehead atoms. The van der Waals surface area contributed by atoms with Crippen LogP contribution in [0.15, 0.2) is 72.8 Å². The Morgan fingerprint density at radius 3 is 2.16 bits per heavy atom. The monoisotopic (exact) mass is 601 g/mol. The lowest BCUT2D eigenvalue weighted by Crippen LogP contribution is -2.57. The van der Waals surface area contributed by atoms with E-state index in [1.807, 2.05) is 30.3 Å². The summed E-state index contributed by atoms with van der Waals surface area (Å²) in [6.07, 6.45) is 1.02. The summed E-state index contributed by atoms with van der Waals surface area (Å²) in [5.74, 6) is -1.34. The number of urea groups is 1. The molecular formula is C32H35N5O7. The quantitative estimate of drug-likeness (QED) is 0.292. The largest absolute Gasteiger partial charge is 0.496 e. The Bertz CT molecular complexity index is 1500. The number of anilines is 2. The first-order chi connectivity index (χ1) is 21.3. The predicted molar refractivity (Wildman–Crippen MR) is 163 cm³/mol. The van der Waals surface area contributed by atoms with Gasteiger partial charge in [0.2, 0.25) is 5.91 Å². The van der Waals surface area contributed by atoms with Gasteiger partial charge in [0.1, 0.15) is 28.6 Å². The van der Waals surface area contributed by atoms with E-state index in [1.165, 1.54) is 14.2 Å². The zero-order chi connectivity index (χ0) is 31.3. The molecule has 2 heterocycles. The summed E-state index contributed by atoms with van der Waals surface area (Å²) in [4.78, 5) is 54.8. The average Bonchev–Trinajstić information content (AvgIpc) is 3.36. The van der Waals surface area contributed by atoms with Crippen LogP contribution in [0.4, 0.5) is 16.2 Å². The lowest BCUT2D eigenvalue weighted by molar-refractivity contribution is -0.139. The number of carboxylic acid groups (broad SMARTS) is 1. The fourth-order valence-electron chi connectivity index (χ4n) is 5.78. The van der Waals surface area contributed by atoms with Gasteiger partial charge in [0.15, 0.2) is 0 Å². The van der Waals surface area contributed by atoms with Gasteiger partial charge < -0.3 is 40.3 Å². The molecule has 2 aliphatic rings. The Morgan fingerprint density at radius 1 is 0.932 bits per heavy atom. The number of methoxy groups -OCH3 is 2. The maximum Gasteiger partial charge on any atom is 0.326 e. The molecule has 44 heavy (non-hydrogen) atoms. The molecule has 4 N–H and O–H groups in total. The van der Waals surface area contributed by atoms with Crippen LogP contribution in [0.3, 0.4) is 0 Å². The topological polar surface area (TPSA) is 150 Å². The van der Waals surface area contributed by atoms with Crippen molar-refractivity contribution in [3.63, 3.8) is 0 Å². The molecule has 2 saturated heterocycles. The molecule has 0 aromatic heterocycles. The van der Waals surface area contributed by atoms with Crippen LogP contribution in [-0.2, 0) is 16.0 Å². The average molecular weight is 602 g/mol. The van der Waals surface area contributed by atoms with Crippen LogP contribution in [0, 0.1) is 0 Å². The van der Waals surface area contributed by atoms with Crippen molar-refractivity contribution in [1.29, 1.82) is 0 Å². The summed E-state index contributed by atoms with van der Waals surface area (Å²) in [6, 6.07) is 19.9. The molecule has 2 fully saturated rings. The molecule has 12 nitrogen and oxygen atoms in total. The summed E-state index contributed by atoms with van der Waals surface area (Å²) in [5.41, 5.74) is 1.57. The summed E-state index contributed by atoms with van der Waals surface area (Å²) < 4.78 is 10.5. The molecule has 0 saturated carbocycles. The van der Waals surface area contributed by atoms with Crippen molar-refractivity contribution >= 4 is 35.2 Å². The standard InChI is InChI=1S/C32H35N5O7/c1-43-25-9-6-10-26(44-2)27(25)28(38)35-24(29(39)40)19-21-11-13-22(14-12-21)34-31(42)36-17-15-32(16-18-36)30(41)33-20-37(32)23-7-4-3-5-8-23/h3-14,24H,15-20H2,1-2H3,(H,33,41)(H,34,42)(H,35,38)(H,39,40). The number of ether oxygens (including phenoxy) is 2. The highest BCUT2D eigenvalue weighted by Crippen LogP contribution is 2.36. The van der Waals surface area contributed by atoms with Crippen molar-refractivity contribution in [2.45, 2.75) is 30.8 Å². The molecule has 12 heteroatoms. The van der Waals surface area contributed by atoms with Crippen LogP contribution in [0.5, 0.6) is 11.5 Å². The number of rotatable bonds is 9. The second-order valence-corrected chi connectivity index (χ2v) is 10.7. The highest BCUT2D eigenvalue weighted by atomic mass is 16.5. The van der Waals surface area contributed by atoms with Crippen LogP contribution in [0.25, 0.3) is 0 Å². The van der Waals surface area contributed by atoms with Crippen molar-refractivity contribution < 1.29 is 33.8 Å². The number of nitrogens with zero attached hydrogens (tertiary/aromatic N) is 2. The number of aliphatic carboxylic acids is 1. The van der Waals surface area contributed by atoms with Gasteiger partial charge in [0.05, 0.1) is 20.9 Å². The molecular weight excluding hydrogens is 566 g/mol. The molecule has 1 unspecified atom stereocenters. The van der Waals surface area contributed by atoms with E-state index in [-0.39, 0.29) is 35.4 Å². The molecule has 4 amide bonds. The Kier molecular flexibility index (Phi) is 8.88. The van der Waals surface area contributed by atoms with Crippen LogP contribution in [-0.4, -0.2) is 79.4 Å². The zero-order valence-electron chi connectivity index (χ0n) is 24.5. The van der Waals surface area contributed by atoms with Crippen LogP contribution in [0.2, 0.25) is 0 Å². The van der Waals surface area contributed by atoms with E-state index < -0.39 is 23.5 Å². The number of carboxylic acids is 1. The smallest absolute Gasteiger partial charge is 0.326 e. The van der Waals surface area contributed by atoms with Crippen LogP contribution >= 0.6 is 0 Å². The number of carbonyl (C=O) groups is 4. The molecule has 0 aliphatic carbocycles. The molecule has 1 atom stereocenters. The maximum absolute atomic E-state index is 13.1. The minimum absolute atomic E-state index is 0.0148. The van der Waals surface area contributed by atoms with Crippen molar-refractivity contribution in [2.75, 3.05) is 44.2 Å².